The molecular weight excluding hydrogens is 393 g/mol. The lowest BCUT2D eigenvalue weighted by Gasteiger charge is -2.22. The van der Waals surface area contributed by atoms with E-state index in [9.17, 15) is 0 Å². The summed E-state index contributed by atoms with van der Waals surface area (Å²) < 4.78 is 11.1. The van der Waals surface area contributed by atoms with Crippen LogP contribution in [0.1, 0.15) is 57.8 Å². The molecule has 0 spiro atoms. The first-order chi connectivity index (χ1) is 10.3. The molecule has 0 bridgehead atoms. The summed E-state index contributed by atoms with van der Waals surface area (Å²) in [6.45, 7) is 3.18. The van der Waals surface area contributed by atoms with Gasteiger partial charge in [0.25, 0.3) is 0 Å². The number of hydrogen-bond donors (Lipinski definition) is 2. The topological polar surface area (TPSA) is 68.9 Å². The zero-order valence-electron chi connectivity index (χ0n) is 13.6. The van der Waals surface area contributed by atoms with Crippen LogP contribution in [0.4, 0.5) is 0 Å². The Balaban J connectivity index is 0.00000242. The molecule has 1 aliphatic carbocycles. The molecule has 6 heteroatoms. The zero-order valence-corrected chi connectivity index (χ0v) is 15.9. The van der Waals surface area contributed by atoms with Crippen molar-refractivity contribution in [1.82, 2.24) is 5.32 Å². The lowest BCUT2D eigenvalue weighted by atomic mass is 10.1. The molecule has 1 heterocycles. The molecule has 0 atom stereocenters. The number of rotatable bonds is 6. The molecule has 0 aromatic rings. The number of nitrogens with one attached hydrogen (secondary N) is 1. The number of aliphatic imine (C=N–C) groups is 1. The molecule has 1 saturated heterocycles. The fourth-order valence-electron chi connectivity index (χ4n) is 3.04. The second-order valence-corrected chi connectivity index (χ2v) is 6.14. The van der Waals surface area contributed by atoms with Crippen molar-refractivity contribution in [3.63, 3.8) is 0 Å². The van der Waals surface area contributed by atoms with Crippen molar-refractivity contribution < 1.29 is 9.47 Å². The van der Waals surface area contributed by atoms with Crippen molar-refractivity contribution in [3.05, 3.63) is 0 Å². The molecule has 2 aliphatic rings. The van der Waals surface area contributed by atoms with Crippen molar-refractivity contribution in [2.45, 2.75) is 69.9 Å². The lowest BCUT2D eigenvalue weighted by Crippen LogP contribution is -2.39. The maximum absolute atomic E-state index is 5.96. The first-order valence-corrected chi connectivity index (χ1v) is 8.60. The van der Waals surface area contributed by atoms with Crippen molar-refractivity contribution in [2.75, 3.05) is 26.4 Å². The number of hydrogen-bond acceptors (Lipinski definition) is 3. The summed E-state index contributed by atoms with van der Waals surface area (Å²) in [5.41, 5.74) is 5.96. The maximum Gasteiger partial charge on any atom is 0.188 e. The van der Waals surface area contributed by atoms with Gasteiger partial charge in [-0.2, -0.15) is 0 Å². The second kappa shape index (κ2) is 12.4. The smallest absolute Gasteiger partial charge is 0.188 e. The molecule has 0 aromatic heterocycles. The third-order valence-electron chi connectivity index (χ3n) is 4.31. The Labute approximate surface area is 151 Å². The summed E-state index contributed by atoms with van der Waals surface area (Å²) in [5.74, 6) is 0.605. The molecule has 22 heavy (non-hydrogen) atoms. The lowest BCUT2D eigenvalue weighted by molar-refractivity contribution is -0.0318. The van der Waals surface area contributed by atoms with Crippen LogP contribution in [0.25, 0.3) is 0 Å². The minimum Gasteiger partial charge on any atom is -0.381 e. The number of nitrogens with zero attached hydrogens (tertiary/aromatic N) is 1. The van der Waals surface area contributed by atoms with Crippen LogP contribution >= 0.6 is 24.0 Å². The highest BCUT2D eigenvalue weighted by molar-refractivity contribution is 14.0. The van der Waals surface area contributed by atoms with Crippen molar-refractivity contribution in [1.29, 1.82) is 0 Å². The van der Waals surface area contributed by atoms with Gasteiger partial charge in [0.05, 0.1) is 6.10 Å². The van der Waals surface area contributed by atoms with Gasteiger partial charge in [0.1, 0.15) is 0 Å². The molecule has 0 aromatic carbocycles. The maximum atomic E-state index is 5.96. The molecular formula is C16H32IN3O2. The first kappa shape index (κ1) is 20.0. The molecule has 2 fully saturated rings. The van der Waals surface area contributed by atoms with Crippen LogP contribution in [0.3, 0.4) is 0 Å². The normalized spacial score (nSPS) is 21.9. The van der Waals surface area contributed by atoms with Crippen molar-refractivity contribution >= 4 is 29.9 Å². The van der Waals surface area contributed by atoms with Gasteiger partial charge in [-0.1, -0.05) is 25.7 Å². The van der Waals surface area contributed by atoms with Crippen LogP contribution < -0.4 is 11.1 Å². The molecule has 0 radical (unpaired) electrons. The predicted molar refractivity (Wildman–Crippen MR) is 101 cm³/mol. The van der Waals surface area contributed by atoms with Gasteiger partial charge in [-0.25, -0.2) is 0 Å². The minimum absolute atomic E-state index is 0. The van der Waals surface area contributed by atoms with Crippen molar-refractivity contribution in [2.24, 2.45) is 10.7 Å². The van der Waals surface area contributed by atoms with Crippen LogP contribution in [0.2, 0.25) is 0 Å². The third kappa shape index (κ3) is 8.53. The van der Waals surface area contributed by atoms with E-state index in [1.165, 1.54) is 38.5 Å². The molecule has 3 N–H and O–H groups in total. The zero-order chi connectivity index (χ0) is 14.8. The SMILES string of the molecule is I.NC(=NCCCOC1CCOCC1)NC1CCCCCC1. The summed E-state index contributed by atoms with van der Waals surface area (Å²) in [5, 5.41) is 3.37. The first-order valence-electron chi connectivity index (χ1n) is 8.60. The molecule has 1 aliphatic heterocycles. The average Bonchev–Trinajstić information content (AvgIpc) is 2.76. The van der Waals surface area contributed by atoms with Crippen LogP contribution in [-0.4, -0.2) is 44.5 Å². The third-order valence-corrected chi connectivity index (χ3v) is 4.31. The van der Waals surface area contributed by atoms with E-state index in [0.717, 1.165) is 45.6 Å². The fourth-order valence-corrected chi connectivity index (χ4v) is 3.04. The van der Waals surface area contributed by atoms with Gasteiger partial charge in [0, 0.05) is 32.4 Å². The second-order valence-electron chi connectivity index (χ2n) is 6.14. The predicted octanol–water partition coefficient (Wildman–Crippen LogP) is 2.82. The number of ether oxygens (including phenoxy) is 2. The summed E-state index contributed by atoms with van der Waals surface area (Å²) in [4.78, 5) is 4.41. The van der Waals surface area contributed by atoms with Gasteiger partial charge in [0.15, 0.2) is 5.96 Å². The summed E-state index contributed by atoms with van der Waals surface area (Å²) in [6, 6.07) is 0.523. The Kier molecular flexibility index (Phi) is 11.2. The van der Waals surface area contributed by atoms with E-state index in [1.807, 2.05) is 0 Å². The van der Waals surface area contributed by atoms with E-state index in [0.29, 0.717) is 18.1 Å². The molecule has 0 unspecified atom stereocenters. The van der Waals surface area contributed by atoms with Gasteiger partial charge in [-0.15, -0.1) is 24.0 Å². The van der Waals surface area contributed by atoms with Crippen molar-refractivity contribution in [3.8, 4) is 0 Å². The summed E-state index contributed by atoms with van der Waals surface area (Å²) in [7, 11) is 0. The molecule has 5 nitrogen and oxygen atoms in total. The summed E-state index contributed by atoms with van der Waals surface area (Å²) in [6.07, 6.45) is 11.1. The molecule has 2 rings (SSSR count). The fraction of sp³-hybridized carbons (Fsp3) is 0.938. The number of halogens is 1. The van der Waals surface area contributed by atoms with E-state index < -0.39 is 0 Å². The Morgan fingerprint density at radius 3 is 2.45 bits per heavy atom. The van der Waals surface area contributed by atoms with E-state index in [4.69, 9.17) is 15.2 Å². The standard InChI is InChI=1S/C16H31N3O2.HI/c17-16(19-14-6-3-1-2-4-7-14)18-10-5-11-21-15-8-12-20-13-9-15;/h14-15H,1-13H2,(H3,17,18,19);1H. The summed E-state index contributed by atoms with van der Waals surface area (Å²) >= 11 is 0. The van der Waals surface area contributed by atoms with Crippen LogP contribution in [0, 0.1) is 0 Å². The van der Waals surface area contributed by atoms with E-state index in [1.54, 1.807) is 0 Å². The van der Waals surface area contributed by atoms with Gasteiger partial charge >= 0.3 is 0 Å². The van der Waals surface area contributed by atoms with Crippen LogP contribution in [0.5, 0.6) is 0 Å². The molecule has 130 valence electrons. The molecule has 1 saturated carbocycles. The van der Waals surface area contributed by atoms with Gasteiger partial charge in [-0.05, 0) is 32.1 Å². The van der Waals surface area contributed by atoms with Gasteiger partial charge in [0.2, 0.25) is 0 Å². The number of guanidine groups is 1. The van der Waals surface area contributed by atoms with Crippen LogP contribution in [0.15, 0.2) is 4.99 Å². The Hall–Kier alpha value is -0.0800. The Bertz CT molecular complexity index is 302. The van der Waals surface area contributed by atoms with E-state index in [2.05, 4.69) is 10.3 Å². The molecule has 0 amide bonds. The largest absolute Gasteiger partial charge is 0.381 e. The van der Waals surface area contributed by atoms with E-state index >= 15 is 0 Å². The average molecular weight is 425 g/mol. The number of nitrogens with two attached hydrogens (primary N) is 1. The van der Waals surface area contributed by atoms with E-state index in [-0.39, 0.29) is 24.0 Å². The highest BCUT2D eigenvalue weighted by Gasteiger charge is 2.14. The highest BCUT2D eigenvalue weighted by Crippen LogP contribution is 2.16. The monoisotopic (exact) mass is 425 g/mol. The minimum atomic E-state index is 0. The quantitative estimate of drug-likeness (QED) is 0.226. The highest BCUT2D eigenvalue weighted by atomic mass is 127. The Morgan fingerprint density at radius 1 is 1.09 bits per heavy atom. The van der Waals surface area contributed by atoms with Gasteiger partial charge < -0.3 is 20.5 Å². The van der Waals surface area contributed by atoms with Gasteiger partial charge in [-0.3, -0.25) is 4.99 Å². The van der Waals surface area contributed by atoms with Crippen LogP contribution in [-0.2, 0) is 9.47 Å². The Morgan fingerprint density at radius 2 is 1.77 bits per heavy atom.